The van der Waals surface area contributed by atoms with Gasteiger partial charge in [0.15, 0.2) is 5.82 Å². The minimum atomic E-state index is -0.482. The number of fused-ring (bicyclic) bond motifs is 10. The first-order valence-electron chi connectivity index (χ1n) is 19.1. The van der Waals surface area contributed by atoms with Crippen LogP contribution in [-0.4, -0.2) is 9.97 Å². The number of aromatic nitrogens is 2. The molecule has 3 heteroatoms. The van der Waals surface area contributed by atoms with E-state index in [2.05, 4.69) is 183 Å². The lowest BCUT2D eigenvalue weighted by molar-refractivity contribution is 0.436. The van der Waals surface area contributed by atoms with Gasteiger partial charge in [-0.25, -0.2) is 9.97 Å². The van der Waals surface area contributed by atoms with E-state index >= 15 is 0 Å². The molecule has 3 nitrogen and oxygen atoms in total. The Balaban J connectivity index is 1.07. The molecule has 0 bridgehead atoms. The largest absolute Gasteiger partial charge is 0.457 e. The predicted molar refractivity (Wildman–Crippen MR) is 222 cm³/mol. The van der Waals surface area contributed by atoms with Gasteiger partial charge in [-0.15, -0.1) is 0 Å². The second-order valence-corrected chi connectivity index (χ2v) is 15.0. The lowest BCUT2D eigenvalue weighted by atomic mass is 9.66. The molecule has 1 aliphatic heterocycles. The van der Waals surface area contributed by atoms with Gasteiger partial charge in [-0.05, 0) is 86.0 Å². The van der Waals surface area contributed by atoms with E-state index in [1.165, 1.54) is 43.8 Å². The third-order valence-electron chi connectivity index (χ3n) is 11.7. The number of benzene rings is 7. The first kappa shape index (κ1) is 31.7. The van der Waals surface area contributed by atoms with Crippen LogP contribution < -0.4 is 15.2 Å². The van der Waals surface area contributed by atoms with Crippen molar-refractivity contribution in [1.82, 2.24) is 9.97 Å². The van der Waals surface area contributed by atoms with E-state index in [1.54, 1.807) is 0 Å². The van der Waals surface area contributed by atoms with Gasteiger partial charge in [0.1, 0.15) is 11.5 Å². The molecule has 0 saturated carbocycles. The Labute approximate surface area is 320 Å². The molecule has 8 aromatic rings. The van der Waals surface area contributed by atoms with Crippen molar-refractivity contribution >= 4 is 11.6 Å². The normalized spacial score (nSPS) is 15.5. The number of nitrogens with zero attached hydrogens (tertiary/aromatic N) is 2. The van der Waals surface area contributed by atoms with Crippen LogP contribution >= 0.6 is 0 Å². The summed E-state index contributed by atoms with van der Waals surface area (Å²) in [5.41, 5.74) is 14.3. The fraction of sp³-hybridized carbons (Fsp3) is 0.0769. The van der Waals surface area contributed by atoms with Crippen LogP contribution in [0.5, 0.6) is 11.5 Å². The first-order valence-corrected chi connectivity index (χ1v) is 19.1. The zero-order valence-corrected chi connectivity index (χ0v) is 30.4. The minimum absolute atomic E-state index is 0.412. The standard InChI is InChI=1S/C52H36N2O/c1-33-28-37-16-5-6-19-39(37)42(29-33)48-32-47(34-14-3-2-4-15-34)53-51(54-48)38-18-13-17-35(30-38)36-26-27-46-50(31-36)55-49-25-12-11-24-45(49)52(46)43-22-9-7-20-40(43)41-21-8-10-23-44(41)52/h2-28,30-33H,29H2,1H3. The Morgan fingerprint density at radius 3 is 1.93 bits per heavy atom. The Morgan fingerprint density at radius 1 is 0.491 bits per heavy atom. The van der Waals surface area contributed by atoms with Gasteiger partial charge >= 0.3 is 0 Å². The fourth-order valence-corrected chi connectivity index (χ4v) is 9.32. The van der Waals surface area contributed by atoms with Crippen molar-refractivity contribution in [2.45, 2.75) is 18.8 Å². The highest BCUT2D eigenvalue weighted by molar-refractivity contribution is 5.89. The van der Waals surface area contributed by atoms with Crippen LogP contribution in [0, 0.1) is 5.92 Å². The molecule has 55 heavy (non-hydrogen) atoms. The molecule has 1 aromatic heterocycles. The summed E-state index contributed by atoms with van der Waals surface area (Å²) in [6, 6.07) is 62.9. The van der Waals surface area contributed by atoms with Crippen molar-refractivity contribution < 1.29 is 4.74 Å². The number of rotatable bonds is 4. The molecule has 2 aliphatic carbocycles. The number of para-hydroxylation sites is 1. The fourth-order valence-electron chi connectivity index (χ4n) is 9.32. The molecule has 7 aromatic carbocycles. The molecule has 0 radical (unpaired) electrons. The second kappa shape index (κ2) is 12.4. The summed E-state index contributed by atoms with van der Waals surface area (Å²) in [6.45, 7) is 2.28. The van der Waals surface area contributed by atoms with Crippen LogP contribution in [0.25, 0.3) is 56.5 Å². The quantitative estimate of drug-likeness (QED) is 0.183. The Bertz CT molecular complexity index is 2920. The predicted octanol–water partition coefficient (Wildman–Crippen LogP) is 11.0. The Kier molecular flexibility index (Phi) is 7.12. The number of ether oxygens (including phenoxy) is 1. The first-order chi connectivity index (χ1) is 27.1. The van der Waals surface area contributed by atoms with E-state index in [4.69, 9.17) is 14.7 Å². The molecule has 3 aliphatic rings. The Hall–Kier alpha value is -6.84. The van der Waals surface area contributed by atoms with Gasteiger partial charge in [0.2, 0.25) is 0 Å². The van der Waals surface area contributed by atoms with E-state index in [1.807, 2.05) is 6.07 Å². The van der Waals surface area contributed by atoms with Crippen LogP contribution in [0.15, 0.2) is 176 Å². The molecule has 1 spiro atoms. The van der Waals surface area contributed by atoms with Crippen molar-refractivity contribution in [2.75, 3.05) is 0 Å². The average molecular weight is 705 g/mol. The summed E-state index contributed by atoms with van der Waals surface area (Å²) in [5.74, 6) is 2.89. The van der Waals surface area contributed by atoms with Crippen LogP contribution in [-0.2, 0) is 5.41 Å². The van der Waals surface area contributed by atoms with Crippen molar-refractivity contribution in [3.05, 3.63) is 214 Å². The average Bonchev–Trinajstić information content (AvgIpc) is 3.54. The SMILES string of the molecule is CC1C=c2ccccc2=C(c2cc(-c3ccccc3)nc(-c3cccc(-c4ccc5c(c4)Oc4ccccc4C54c5ccccc5-c5ccccc54)c3)n2)C1. The summed E-state index contributed by atoms with van der Waals surface area (Å²) in [6.07, 6.45) is 3.30. The molecule has 260 valence electrons. The maximum absolute atomic E-state index is 6.83. The molecule has 11 rings (SSSR count). The summed E-state index contributed by atoms with van der Waals surface area (Å²) >= 11 is 0. The van der Waals surface area contributed by atoms with Crippen LogP contribution in [0.2, 0.25) is 0 Å². The third-order valence-corrected chi connectivity index (χ3v) is 11.7. The van der Waals surface area contributed by atoms with Crippen LogP contribution in [0.4, 0.5) is 0 Å². The van der Waals surface area contributed by atoms with Gasteiger partial charge in [-0.2, -0.15) is 0 Å². The van der Waals surface area contributed by atoms with Crippen molar-refractivity contribution in [1.29, 1.82) is 0 Å². The smallest absolute Gasteiger partial charge is 0.160 e. The molecular weight excluding hydrogens is 669 g/mol. The highest BCUT2D eigenvalue weighted by Gasteiger charge is 2.50. The third kappa shape index (κ3) is 4.90. The minimum Gasteiger partial charge on any atom is -0.457 e. The van der Waals surface area contributed by atoms with Gasteiger partial charge in [0.25, 0.3) is 0 Å². The maximum atomic E-state index is 6.83. The highest BCUT2D eigenvalue weighted by atomic mass is 16.5. The maximum Gasteiger partial charge on any atom is 0.160 e. The van der Waals surface area contributed by atoms with E-state index in [0.29, 0.717) is 11.7 Å². The van der Waals surface area contributed by atoms with Crippen molar-refractivity contribution in [3.63, 3.8) is 0 Å². The summed E-state index contributed by atoms with van der Waals surface area (Å²) in [4.78, 5) is 10.5. The molecule has 2 heterocycles. The molecule has 0 fully saturated rings. The van der Waals surface area contributed by atoms with Gasteiger partial charge < -0.3 is 4.74 Å². The molecule has 0 saturated heterocycles. The van der Waals surface area contributed by atoms with Gasteiger partial charge in [0.05, 0.1) is 16.8 Å². The molecule has 0 amide bonds. The molecule has 1 atom stereocenters. The number of hydrogen-bond acceptors (Lipinski definition) is 3. The topological polar surface area (TPSA) is 35.0 Å². The van der Waals surface area contributed by atoms with Crippen molar-refractivity contribution in [2.24, 2.45) is 5.92 Å². The van der Waals surface area contributed by atoms with Gasteiger partial charge in [-0.3, -0.25) is 0 Å². The Morgan fingerprint density at radius 2 is 1.11 bits per heavy atom. The van der Waals surface area contributed by atoms with Crippen LogP contribution in [0.1, 0.15) is 41.3 Å². The highest BCUT2D eigenvalue weighted by Crippen LogP contribution is 2.62. The van der Waals surface area contributed by atoms with E-state index in [9.17, 15) is 0 Å². The van der Waals surface area contributed by atoms with Crippen molar-refractivity contribution in [3.8, 4) is 56.4 Å². The summed E-state index contributed by atoms with van der Waals surface area (Å²) < 4.78 is 6.83. The summed E-state index contributed by atoms with van der Waals surface area (Å²) in [5, 5.41) is 2.52. The molecular formula is C52H36N2O. The number of hydrogen-bond donors (Lipinski definition) is 0. The zero-order chi connectivity index (χ0) is 36.5. The monoisotopic (exact) mass is 704 g/mol. The zero-order valence-electron chi connectivity index (χ0n) is 30.4. The van der Waals surface area contributed by atoms with Gasteiger partial charge in [0, 0.05) is 22.3 Å². The summed E-state index contributed by atoms with van der Waals surface area (Å²) in [7, 11) is 0. The van der Waals surface area contributed by atoms with E-state index < -0.39 is 5.41 Å². The lowest BCUT2D eigenvalue weighted by Crippen LogP contribution is -2.32. The van der Waals surface area contributed by atoms with E-state index in [-0.39, 0.29) is 0 Å². The lowest BCUT2D eigenvalue weighted by Gasteiger charge is -2.39. The second-order valence-electron chi connectivity index (χ2n) is 15.0. The molecule has 1 unspecified atom stereocenters. The van der Waals surface area contributed by atoms with Crippen LogP contribution in [0.3, 0.4) is 0 Å². The van der Waals surface area contributed by atoms with Gasteiger partial charge in [-0.1, -0.05) is 165 Å². The molecule has 0 N–H and O–H groups in total. The van der Waals surface area contributed by atoms with E-state index in [0.717, 1.165) is 57.1 Å².